The molecule has 0 saturated carbocycles. The molecule has 0 radical (unpaired) electrons. The number of fused-ring (bicyclic) bond motifs is 1. The SMILES string of the molecule is COc1nc(C=O)nc2c1C(C(C)(C)C)N(C(=O)O)C2. The Labute approximate surface area is 116 Å². The van der Waals surface area contributed by atoms with E-state index in [4.69, 9.17) is 4.74 Å². The lowest BCUT2D eigenvalue weighted by Crippen LogP contribution is -2.35. The molecule has 1 aliphatic heterocycles. The minimum atomic E-state index is -1.03. The van der Waals surface area contributed by atoms with Gasteiger partial charge in [0.05, 0.1) is 31.0 Å². The summed E-state index contributed by atoms with van der Waals surface area (Å²) in [6, 6.07) is -0.411. The number of rotatable bonds is 2. The van der Waals surface area contributed by atoms with Gasteiger partial charge in [0.15, 0.2) is 12.1 Å². The third-order valence-corrected chi connectivity index (χ3v) is 3.28. The van der Waals surface area contributed by atoms with E-state index < -0.39 is 12.1 Å². The monoisotopic (exact) mass is 279 g/mol. The van der Waals surface area contributed by atoms with E-state index in [9.17, 15) is 14.7 Å². The highest BCUT2D eigenvalue weighted by molar-refractivity contribution is 5.71. The Balaban J connectivity index is 2.65. The summed E-state index contributed by atoms with van der Waals surface area (Å²) < 4.78 is 5.22. The average Bonchev–Trinajstić information content (AvgIpc) is 2.76. The number of ether oxygens (including phenoxy) is 1. The summed E-state index contributed by atoms with van der Waals surface area (Å²) in [6.45, 7) is 5.95. The van der Waals surface area contributed by atoms with Crippen LogP contribution in [0.15, 0.2) is 0 Å². The van der Waals surface area contributed by atoms with Gasteiger partial charge in [-0.25, -0.2) is 9.78 Å². The summed E-state index contributed by atoms with van der Waals surface area (Å²) in [6.07, 6.45) is -0.504. The molecule has 1 N–H and O–H groups in total. The minimum absolute atomic E-state index is 0.000461. The maximum absolute atomic E-state index is 11.4. The van der Waals surface area contributed by atoms with Crippen LogP contribution in [0, 0.1) is 5.41 Å². The molecule has 2 heterocycles. The van der Waals surface area contributed by atoms with Crippen molar-refractivity contribution in [3.63, 3.8) is 0 Å². The molecule has 0 aromatic carbocycles. The Morgan fingerprint density at radius 2 is 2.10 bits per heavy atom. The first-order valence-corrected chi connectivity index (χ1v) is 6.19. The van der Waals surface area contributed by atoms with Crippen molar-refractivity contribution in [2.75, 3.05) is 7.11 Å². The van der Waals surface area contributed by atoms with Crippen molar-refractivity contribution in [2.45, 2.75) is 33.4 Å². The van der Waals surface area contributed by atoms with E-state index in [1.807, 2.05) is 20.8 Å². The molecule has 1 aromatic heterocycles. The molecule has 1 unspecified atom stereocenters. The highest BCUT2D eigenvalue weighted by Crippen LogP contribution is 2.47. The summed E-state index contributed by atoms with van der Waals surface area (Å²) in [5.41, 5.74) is 0.831. The number of carbonyl (C=O) groups excluding carboxylic acids is 1. The van der Waals surface area contributed by atoms with E-state index in [2.05, 4.69) is 9.97 Å². The lowest BCUT2D eigenvalue weighted by molar-refractivity contribution is 0.0888. The maximum atomic E-state index is 11.4. The second-order valence-electron chi connectivity index (χ2n) is 5.75. The van der Waals surface area contributed by atoms with Crippen LogP contribution in [0.4, 0.5) is 4.79 Å². The van der Waals surface area contributed by atoms with Crippen LogP contribution in [-0.2, 0) is 6.54 Å². The number of aromatic nitrogens is 2. The molecule has 20 heavy (non-hydrogen) atoms. The standard InChI is InChI=1S/C13H17N3O4/c1-13(2,3)10-9-7(5-16(10)12(18)19)14-8(6-17)15-11(9)20-4/h6,10H,5H2,1-4H3,(H,18,19). The summed E-state index contributed by atoms with van der Waals surface area (Å²) in [5.74, 6) is 0.265. The quantitative estimate of drug-likeness (QED) is 0.831. The van der Waals surface area contributed by atoms with E-state index in [0.29, 0.717) is 17.5 Å². The van der Waals surface area contributed by atoms with Crippen LogP contribution in [0.1, 0.15) is 48.7 Å². The summed E-state index contributed by atoms with van der Waals surface area (Å²) in [4.78, 5) is 31.7. The van der Waals surface area contributed by atoms with Gasteiger partial charge in [-0.1, -0.05) is 20.8 Å². The summed E-state index contributed by atoms with van der Waals surface area (Å²) in [5, 5.41) is 9.38. The van der Waals surface area contributed by atoms with E-state index in [-0.39, 0.29) is 23.7 Å². The predicted molar refractivity (Wildman–Crippen MR) is 69.7 cm³/mol. The second-order valence-corrected chi connectivity index (χ2v) is 5.75. The highest BCUT2D eigenvalue weighted by atomic mass is 16.5. The number of carbonyl (C=O) groups is 2. The van der Waals surface area contributed by atoms with Crippen molar-refractivity contribution in [1.82, 2.24) is 14.9 Å². The van der Waals surface area contributed by atoms with E-state index >= 15 is 0 Å². The largest absolute Gasteiger partial charge is 0.481 e. The molecule has 0 fully saturated rings. The molecule has 0 saturated heterocycles. The van der Waals surface area contributed by atoms with Crippen LogP contribution in [-0.4, -0.2) is 39.5 Å². The fourth-order valence-corrected chi connectivity index (χ4v) is 2.60. The molecule has 0 aliphatic carbocycles. The van der Waals surface area contributed by atoms with Crippen LogP contribution in [0.25, 0.3) is 0 Å². The van der Waals surface area contributed by atoms with Crippen LogP contribution < -0.4 is 4.74 Å². The van der Waals surface area contributed by atoms with Crippen molar-refractivity contribution in [2.24, 2.45) is 5.41 Å². The maximum Gasteiger partial charge on any atom is 0.408 e. The van der Waals surface area contributed by atoms with Crippen molar-refractivity contribution < 1.29 is 19.4 Å². The zero-order valence-electron chi connectivity index (χ0n) is 11.9. The van der Waals surface area contributed by atoms with Gasteiger partial charge in [0.1, 0.15) is 0 Å². The third-order valence-electron chi connectivity index (χ3n) is 3.28. The van der Waals surface area contributed by atoms with Crippen LogP contribution in [0.2, 0.25) is 0 Å². The Morgan fingerprint density at radius 1 is 1.45 bits per heavy atom. The molecule has 2 rings (SSSR count). The molecule has 1 amide bonds. The Kier molecular flexibility index (Phi) is 3.37. The minimum Gasteiger partial charge on any atom is -0.481 e. The fraction of sp³-hybridized carbons (Fsp3) is 0.538. The zero-order chi connectivity index (χ0) is 15.1. The van der Waals surface area contributed by atoms with E-state index in [1.54, 1.807) is 0 Å². The summed E-state index contributed by atoms with van der Waals surface area (Å²) >= 11 is 0. The second kappa shape index (κ2) is 4.73. The van der Waals surface area contributed by atoms with Crippen molar-refractivity contribution in [3.8, 4) is 5.88 Å². The highest BCUT2D eigenvalue weighted by Gasteiger charge is 2.44. The third kappa shape index (κ3) is 2.19. The first kappa shape index (κ1) is 14.2. The zero-order valence-corrected chi connectivity index (χ0v) is 11.9. The van der Waals surface area contributed by atoms with Crippen molar-refractivity contribution in [1.29, 1.82) is 0 Å². The van der Waals surface area contributed by atoms with Gasteiger partial charge in [0, 0.05) is 0 Å². The molecule has 0 bridgehead atoms. The number of aldehydes is 1. The molecular weight excluding hydrogens is 262 g/mol. The lowest BCUT2D eigenvalue weighted by Gasteiger charge is -2.33. The number of methoxy groups -OCH3 is 1. The van der Waals surface area contributed by atoms with Crippen LogP contribution >= 0.6 is 0 Å². The molecule has 7 nitrogen and oxygen atoms in total. The van der Waals surface area contributed by atoms with Gasteiger partial charge in [0.25, 0.3) is 0 Å². The molecular formula is C13H17N3O4. The van der Waals surface area contributed by atoms with Crippen molar-refractivity contribution >= 4 is 12.4 Å². The van der Waals surface area contributed by atoms with Gasteiger partial charge < -0.3 is 9.84 Å². The van der Waals surface area contributed by atoms with Gasteiger partial charge in [-0.2, -0.15) is 4.98 Å². The molecule has 0 spiro atoms. The lowest BCUT2D eigenvalue weighted by atomic mass is 9.83. The van der Waals surface area contributed by atoms with Crippen molar-refractivity contribution in [3.05, 3.63) is 17.1 Å². The van der Waals surface area contributed by atoms with Gasteiger partial charge in [-0.05, 0) is 5.41 Å². The van der Waals surface area contributed by atoms with Gasteiger partial charge >= 0.3 is 6.09 Å². The Hall–Kier alpha value is -2.18. The number of hydrogen-bond acceptors (Lipinski definition) is 5. The first-order valence-electron chi connectivity index (χ1n) is 6.19. The number of carboxylic acid groups (broad SMARTS) is 1. The topological polar surface area (TPSA) is 92.6 Å². The fourth-order valence-electron chi connectivity index (χ4n) is 2.60. The molecule has 1 aliphatic rings. The Bertz CT molecular complexity index is 565. The molecule has 108 valence electrons. The van der Waals surface area contributed by atoms with Gasteiger partial charge in [-0.15, -0.1) is 0 Å². The smallest absolute Gasteiger partial charge is 0.408 e. The van der Waals surface area contributed by atoms with Crippen LogP contribution in [0.5, 0.6) is 5.88 Å². The summed E-state index contributed by atoms with van der Waals surface area (Å²) in [7, 11) is 1.44. The molecule has 1 aromatic rings. The molecule has 7 heteroatoms. The van der Waals surface area contributed by atoms with Gasteiger partial charge in [0.2, 0.25) is 5.88 Å². The predicted octanol–water partition coefficient (Wildman–Crippen LogP) is 1.88. The van der Waals surface area contributed by atoms with Gasteiger partial charge in [-0.3, -0.25) is 9.69 Å². The number of hydrogen-bond donors (Lipinski definition) is 1. The normalized spacial score (nSPS) is 17.8. The molecule has 1 atom stereocenters. The Morgan fingerprint density at radius 3 is 2.55 bits per heavy atom. The number of amides is 1. The van der Waals surface area contributed by atoms with E-state index in [0.717, 1.165) is 0 Å². The number of nitrogens with zero attached hydrogens (tertiary/aromatic N) is 3. The first-order chi connectivity index (χ1) is 9.29. The van der Waals surface area contributed by atoms with E-state index in [1.165, 1.54) is 12.0 Å². The average molecular weight is 279 g/mol. The van der Waals surface area contributed by atoms with Crippen LogP contribution in [0.3, 0.4) is 0 Å².